The normalized spacial score (nSPS) is 11.9. The van der Waals surface area contributed by atoms with E-state index in [1.807, 2.05) is 30.3 Å². The third kappa shape index (κ3) is 3.42. The Bertz CT molecular complexity index is 1570. The molecule has 0 saturated carbocycles. The van der Waals surface area contributed by atoms with Crippen molar-refractivity contribution < 1.29 is 13.2 Å². The summed E-state index contributed by atoms with van der Waals surface area (Å²) >= 11 is 0. The van der Waals surface area contributed by atoms with Gasteiger partial charge in [-0.3, -0.25) is 14.1 Å². The number of pyridine rings is 2. The molecule has 0 radical (unpaired) electrons. The molecule has 3 aromatic heterocycles. The highest BCUT2D eigenvalue weighted by Gasteiger charge is 2.31. The van der Waals surface area contributed by atoms with Gasteiger partial charge in [0.25, 0.3) is 0 Å². The van der Waals surface area contributed by atoms with E-state index in [9.17, 15) is 18.0 Å². The molecule has 0 aliphatic carbocycles. The maximum atomic E-state index is 13.3. The topological polar surface area (TPSA) is 64.7 Å². The molecule has 0 saturated heterocycles. The number of benzene rings is 2. The molecular weight excluding hydrogens is 431 g/mol. The second-order valence-corrected chi connectivity index (χ2v) is 7.63. The van der Waals surface area contributed by atoms with E-state index in [0.29, 0.717) is 21.9 Å². The molecule has 0 atom stereocenters. The van der Waals surface area contributed by atoms with E-state index in [2.05, 4.69) is 15.3 Å². The van der Waals surface area contributed by atoms with Crippen LogP contribution in [0.1, 0.15) is 5.56 Å². The minimum absolute atomic E-state index is 0.137. The number of nitrogens with one attached hydrogen (secondary N) is 1. The van der Waals surface area contributed by atoms with E-state index in [1.54, 1.807) is 26.5 Å². The Hall–Kier alpha value is -4.14. The van der Waals surface area contributed by atoms with Crippen molar-refractivity contribution in [2.45, 2.75) is 6.18 Å². The number of hydrogen-bond acceptors (Lipinski definition) is 4. The minimum Gasteiger partial charge on any atom is -0.373 e. The van der Waals surface area contributed by atoms with Gasteiger partial charge in [0, 0.05) is 31.2 Å². The second-order valence-electron chi connectivity index (χ2n) is 7.63. The summed E-state index contributed by atoms with van der Waals surface area (Å²) < 4.78 is 42.7. The van der Waals surface area contributed by atoms with Gasteiger partial charge in [0.2, 0.25) is 0 Å². The van der Waals surface area contributed by atoms with Crippen LogP contribution in [0.25, 0.3) is 38.8 Å². The van der Waals surface area contributed by atoms with Crippen molar-refractivity contribution >= 4 is 27.8 Å². The predicted molar refractivity (Wildman–Crippen MR) is 122 cm³/mol. The molecule has 166 valence electrons. The zero-order valence-corrected chi connectivity index (χ0v) is 17.7. The Morgan fingerprint density at radius 3 is 2.42 bits per heavy atom. The lowest BCUT2D eigenvalue weighted by molar-refractivity contribution is -0.137. The van der Waals surface area contributed by atoms with Gasteiger partial charge in [-0.25, -0.2) is 9.78 Å². The van der Waals surface area contributed by atoms with Gasteiger partial charge in [-0.2, -0.15) is 13.2 Å². The zero-order valence-electron chi connectivity index (χ0n) is 17.7. The van der Waals surface area contributed by atoms with Crippen LogP contribution in [0.5, 0.6) is 0 Å². The number of rotatable bonds is 3. The fourth-order valence-corrected chi connectivity index (χ4v) is 3.95. The number of anilines is 1. The third-order valence-corrected chi connectivity index (χ3v) is 5.67. The molecule has 3 heterocycles. The van der Waals surface area contributed by atoms with Crippen molar-refractivity contribution in [1.82, 2.24) is 19.1 Å². The van der Waals surface area contributed by atoms with Crippen molar-refractivity contribution in [2.24, 2.45) is 7.05 Å². The number of halogens is 3. The highest BCUT2D eigenvalue weighted by Crippen LogP contribution is 2.33. The van der Waals surface area contributed by atoms with Gasteiger partial charge in [-0.1, -0.05) is 12.1 Å². The molecular formula is C24H18F3N5O. The lowest BCUT2D eigenvalue weighted by Crippen LogP contribution is -2.21. The van der Waals surface area contributed by atoms with Gasteiger partial charge in [-0.15, -0.1) is 0 Å². The molecule has 0 amide bonds. The van der Waals surface area contributed by atoms with Gasteiger partial charge >= 0.3 is 11.9 Å². The van der Waals surface area contributed by atoms with E-state index in [0.717, 1.165) is 29.1 Å². The van der Waals surface area contributed by atoms with Crippen LogP contribution in [0.15, 0.2) is 71.8 Å². The van der Waals surface area contributed by atoms with Crippen LogP contribution in [0.4, 0.5) is 19.0 Å². The molecule has 5 aromatic rings. The molecule has 0 bridgehead atoms. The summed E-state index contributed by atoms with van der Waals surface area (Å²) in [6.45, 7) is 0. The number of fused-ring (bicyclic) bond motifs is 3. The Labute approximate surface area is 185 Å². The fraction of sp³-hybridized carbons (Fsp3) is 0.125. The Balaban J connectivity index is 1.81. The van der Waals surface area contributed by atoms with Crippen LogP contribution < -0.4 is 11.0 Å². The first-order chi connectivity index (χ1) is 15.8. The van der Waals surface area contributed by atoms with Crippen molar-refractivity contribution in [3.63, 3.8) is 0 Å². The summed E-state index contributed by atoms with van der Waals surface area (Å²) in [5.41, 5.74) is 2.20. The van der Waals surface area contributed by atoms with Crippen molar-refractivity contribution in [1.29, 1.82) is 0 Å². The molecule has 33 heavy (non-hydrogen) atoms. The lowest BCUT2D eigenvalue weighted by atomic mass is 10.0. The summed E-state index contributed by atoms with van der Waals surface area (Å²) in [5, 5.41) is 3.62. The molecule has 5 rings (SSSR count). The van der Waals surface area contributed by atoms with Gasteiger partial charge in [0.1, 0.15) is 5.82 Å². The highest BCUT2D eigenvalue weighted by molar-refractivity contribution is 6.04. The van der Waals surface area contributed by atoms with Crippen molar-refractivity contribution in [2.75, 3.05) is 12.4 Å². The highest BCUT2D eigenvalue weighted by atomic mass is 19.4. The van der Waals surface area contributed by atoms with Crippen LogP contribution in [0.3, 0.4) is 0 Å². The predicted octanol–water partition coefficient (Wildman–Crippen LogP) is 5.00. The summed E-state index contributed by atoms with van der Waals surface area (Å²) in [6.07, 6.45) is -1.23. The maximum Gasteiger partial charge on any atom is 0.416 e. The lowest BCUT2D eigenvalue weighted by Gasteiger charge is -2.11. The molecule has 0 aliphatic heterocycles. The Morgan fingerprint density at radius 1 is 0.939 bits per heavy atom. The van der Waals surface area contributed by atoms with E-state index in [4.69, 9.17) is 0 Å². The SMILES string of the molecule is CNc1ccc(-c2ccc3ncc4c(c3c2)n(-c2cccc(C(F)(F)F)c2)c(=O)n4C)cn1. The first-order valence-corrected chi connectivity index (χ1v) is 10.1. The number of nitrogens with zero attached hydrogens (tertiary/aromatic N) is 4. The van der Waals surface area contributed by atoms with Crippen LogP contribution in [-0.2, 0) is 13.2 Å². The third-order valence-electron chi connectivity index (χ3n) is 5.67. The van der Waals surface area contributed by atoms with E-state index in [1.165, 1.54) is 21.3 Å². The molecule has 0 fully saturated rings. The minimum atomic E-state index is -4.52. The first kappa shape index (κ1) is 20.7. The van der Waals surface area contributed by atoms with Crippen LogP contribution in [0.2, 0.25) is 0 Å². The first-order valence-electron chi connectivity index (χ1n) is 10.1. The number of imidazole rings is 1. The smallest absolute Gasteiger partial charge is 0.373 e. The summed E-state index contributed by atoms with van der Waals surface area (Å²) in [7, 11) is 3.36. The maximum absolute atomic E-state index is 13.3. The van der Waals surface area contributed by atoms with E-state index >= 15 is 0 Å². The summed E-state index contributed by atoms with van der Waals surface area (Å²) in [5.74, 6) is 0.727. The van der Waals surface area contributed by atoms with E-state index in [-0.39, 0.29) is 5.69 Å². The molecule has 9 heteroatoms. The molecule has 2 aromatic carbocycles. The standard InChI is InChI=1S/C24H18F3N5O/c1-28-21-9-7-15(12-30-21)14-6-8-19-18(10-14)22-20(13-29-19)31(2)23(33)32(22)17-5-3-4-16(11-17)24(25,26)27/h3-13H,1-2H3,(H,28,30). The van der Waals surface area contributed by atoms with Gasteiger partial charge in [0.15, 0.2) is 0 Å². The molecule has 6 nitrogen and oxygen atoms in total. The molecule has 1 N–H and O–H groups in total. The number of hydrogen-bond donors (Lipinski definition) is 1. The number of alkyl halides is 3. The Kier molecular flexibility index (Phi) is 4.70. The van der Waals surface area contributed by atoms with Crippen molar-refractivity contribution in [3.8, 4) is 16.8 Å². The summed E-state index contributed by atoms with van der Waals surface area (Å²) in [6, 6.07) is 14.1. The zero-order chi connectivity index (χ0) is 23.3. The molecule has 0 unspecified atom stereocenters. The largest absolute Gasteiger partial charge is 0.416 e. The van der Waals surface area contributed by atoms with Gasteiger partial charge in [-0.05, 0) is 48.0 Å². The monoisotopic (exact) mass is 449 g/mol. The van der Waals surface area contributed by atoms with Crippen molar-refractivity contribution in [3.05, 3.63) is 83.0 Å². The second kappa shape index (κ2) is 7.47. The van der Waals surface area contributed by atoms with Crippen LogP contribution in [0, 0.1) is 0 Å². The van der Waals surface area contributed by atoms with E-state index < -0.39 is 17.4 Å². The van der Waals surface area contributed by atoms with Gasteiger partial charge < -0.3 is 5.32 Å². The fourth-order valence-electron chi connectivity index (χ4n) is 3.95. The molecule has 0 aliphatic rings. The summed E-state index contributed by atoms with van der Waals surface area (Å²) in [4.78, 5) is 21.9. The average Bonchev–Trinajstić information content (AvgIpc) is 3.08. The average molecular weight is 449 g/mol. The Morgan fingerprint density at radius 2 is 1.73 bits per heavy atom. The van der Waals surface area contributed by atoms with Gasteiger partial charge in [0.05, 0.1) is 34.0 Å². The molecule has 0 spiro atoms. The van der Waals surface area contributed by atoms with Crippen LogP contribution >= 0.6 is 0 Å². The number of aryl methyl sites for hydroxylation is 1. The quantitative estimate of drug-likeness (QED) is 0.421. The van der Waals surface area contributed by atoms with Crippen LogP contribution in [-0.4, -0.2) is 26.1 Å². The number of aromatic nitrogens is 4.